The Kier molecular flexibility index (Phi) is 4.73. The van der Waals surface area contributed by atoms with Crippen molar-refractivity contribution >= 4 is 52.0 Å². The summed E-state index contributed by atoms with van der Waals surface area (Å²) in [5.74, 6) is 0.557. The Morgan fingerprint density at radius 2 is 2.06 bits per heavy atom. The molecule has 0 saturated heterocycles. The third kappa shape index (κ3) is 3.09. The van der Waals surface area contributed by atoms with E-state index in [4.69, 9.17) is 34.8 Å². The zero-order chi connectivity index (χ0) is 13.1. The zero-order valence-electron chi connectivity index (χ0n) is 9.64. The maximum absolute atomic E-state index is 6.05. The molecule has 2 aromatic rings. The lowest BCUT2D eigenvalue weighted by Gasteiger charge is -2.08. The monoisotopic (exact) mass is 320 g/mol. The first-order valence-electron chi connectivity index (χ1n) is 5.42. The smallest absolute Gasteiger partial charge is 0.150 e. The second-order valence-corrected chi connectivity index (χ2v) is 5.84. The molecule has 0 fully saturated rings. The van der Waals surface area contributed by atoms with Crippen LogP contribution in [0.2, 0.25) is 15.2 Å². The lowest BCUT2D eigenvalue weighted by Crippen LogP contribution is -2.02. The van der Waals surface area contributed by atoms with Gasteiger partial charge in [0.25, 0.3) is 0 Å². The van der Waals surface area contributed by atoms with Gasteiger partial charge in [0.1, 0.15) is 11.0 Å². The Bertz CT molecular complexity index is 554. The predicted molar refractivity (Wildman–Crippen MR) is 80.3 cm³/mol. The number of aromatic nitrogens is 1. The third-order valence-electron chi connectivity index (χ3n) is 2.52. The highest BCUT2D eigenvalue weighted by Crippen LogP contribution is 2.29. The van der Waals surface area contributed by atoms with E-state index in [0.29, 0.717) is 22.4 Å². The number of anilines is 1. The number of pyridine rings is 1. The molecule has 96 valence electrons. The topological polar surface area (TPSA) is 24.9 Å². The van der Waals surface area contributed by atoms with Crippen LogP contribution in [0.15, 0.2) is 17.5 Å². The molecular formula is C12H11Cl3N2S. The van der Waals surface area contributed by atoms with Gasteiger partial charge in [0.05, 0.1) is 16.6 Å². The number of thiophene rings is 1. The number of hydrogen-bond donors (Lipinski definition) is 1. The standard InChI is InChI=1S/C12H11Cl3N2S/c1-2-7-3-4-18-10(7)6-16-12-9(14)5-8(13)11(15)17-12/h3-5H,2,6H2,1H3,(H,16,17). The number of nitrogens with zero attached hydrogens (tertiary/aromatic N) is 1. The van der Waals surface area contributed by atoms with Crippen LogP contribution >= 0.6 is 46.1 Å². The van der Waals surface area contributed by atoms with Crippen molar-refractivity contribution in [1.82, 2.24) is 4.98 Å². The van der Waals surface area contributed by atoms with Gasteiger partial charge in [-0.15, -0.1) is 11.3 Å². The van der Waals surface area contributed by atoms with Gasteiger partial charge < -0.3 is 5.32 Å². The van der Waals surface area contributed by atoms with Gasteiger partial charge >= 0.3 is 0 Å². The fourth-order valence-corrected chi connectivity index (χ4v) is 3.05. The molecule has 0 aliphatic heterocycles. The summed E-state index contributed by atoms with van der Waals surface area (Å²) in [5.41, 5.74) is 1.34. The number of nitrogens with one attached hydrogen (secondary N) is 1. The maximum Gasteiger partial charge on any atom is 0.150 e. The molecule has 6 heteroatoms. The van der Waals surface area contributed by atoms with Crippen LogP contribution in [0.1, 0.15) is 17.4 Å². The molecule has 0 saturated carbocycles. The van der Waals surface area contributed by atoms with Gasteiger partial charge in [-0.25, -0.2) is 4.98 Å². The van der Waals surface area contributed by atoms with Crippen LogP contribution in [0.25, 0.3) is 0 Å². The van der Waals surface area contributed by atoms with Gasteiger partial charge in [0, 0.05) is 4.88 Å². The van der Waals surface area contributed by atoms with Crippen molar-refractivity contribution < 1.29 is 0 Å². The Morgan fingerprint density at radius 3 is 2.78 bits per heavy atom. The van der Waals surface area contributed by atoms with Gasteiger partial charge in [0.15, 0.2) is 0 Å². The van der Waals surface area contributed by atoms with E-state index in [9.17, 15) is 0 Å². The lowest BCUT2D eigenvalue weighted by molar-refractivity contribution is 1.07. The summed E-state index contributed by atoms with van der Waals surface area (Å²) in [5, 5.41) is 6.35. The molecule has 0 radical (unpaired) electrons. The second-order valence-electron chi connectivity index (χ2n) is 3.67. The predicted octanol–water partition coefficient (Wildman–Crippen LogP) is 5.28. The van der Waals surface area contributed by atoms with Crippen molar-refractivity contribution in [3.05, 3.63) is 43.2 Å². The summed E-state index contributed by atoms with van der Waals surface area (Å²) < 4.78 is 0. The summed E-state index contributed by atoms with van der Waals surface area (Å²) in [6, 6.07) is 3.72. The molecule has 2 heterocycles. The van der Waals surface area contributed by atoms with Gasteiger partial charge in [0.2, 0.25) is 0 Å². The number of halogens is 3. The molecular weight excluding hydrogens is 311 g/mol. The summed E-state index contributed by atoms with van der Waals surface area (Å²) in [6.07, 6.45) is 1.02. The minimum Gasteiger partial charge on any atom is -0.364 e. The van der Waals surface area contributed by atoms with E-state index in [0.717, 1.165) is 6.42 Å². The first-order valence-corrected chi connectivity index (χ1v) is 7.43. The quantitative estimate of drug-likeness (QED) is 0.775. The fourth-order valence-electron chi connectivity index (χ4n) is 1.57. The minimum atomic E-state index is 0.255. The van der Waals surface area contributed by atoms with E-state index >= 15 is 0 Å². The maximum atomic E-state index is 6.05. The van der Waals surface area contributed by atoms with Crippen LogP contribution in [-0.2, 0) is 13.0 Å². The number of rotatable bonds is 4. The van der Waals surface area contributed by atoms with Crippen molar-refractivity contribution in [3.8, 4) is 0 Å². The SMILES string of the molecule is CCc1ccsc1CNc1nc(Cl)c(Cl)cc1Cl. The first kappa shape index (κ1) is 13.9. The molecule has 0 unspecified atom stereocenters. The van der Waals surface area contributed by atoms with Crippen LogP contribution in [0.4, 0.5) is 5.82 Å². The van der Waals surface area contributed by atoms with Crippen molar-refractivity contribution in [2.24, 2.45) is 0 Å². The average molecular weight is 322 g/mol. The summed E-state index contributed by atoms with van der Waals surface area (Å²) in [4.78, 5) is 5.40. The molecule has 0 aromatic carbocycles. The van der Waals surface area contributed by atoms with Crippen LogP contribution in [-0.4, -0.2) is 4.98 Å². The summed E-state index contributed by atoms with van der Waals surface area (Å²) in [7, 11) is 0. The second kappa shape index (κ2) is 6.11. The summed E-state index contributed by atoms with van der Waals surface area (Å²) in [6.45, 7) is 2.82. The Labute approximate surface area is 125 Å². The lowest BCUT2D eigenvalue weighted by atomic mass is 10.2. The van der Waals surface area contributed by atoms with Crippen LogP contribution < -0.4 is 5.32 Å². The Morgan fingerprint density at radius 1 is 1.28 bits per heavy atom. The highest BCUT2D eigenvalue weighted by molar-refractivity contribution is 7.10. The first-order chi connectivity index (χ1) is 8.61. The minimum absolute atomic E-state index is 0.255. The summed E-state index contributed by atoms with van der Waals surface area (Å²) >= 11 is 19.5. The molecule has 0 aliphatic rings. The van der Waals surface area contributed by atoms with Crippen molar-refractivity contribution in [3.63, 3.8) is 0 Å². The van der Waals surface area contributed by atoms with Crippen LogP contribution in [0.3, 0.4) is 0 Å². The molecule has 0 spiro atoms. The van der Waals surface area contributed by atoms with Gasteiger partial charge in [-0.3, -0.25) is 0 Å². The molecule has 1 N–H and O–H groups in total. The molecule has 2 nitrogen and oxygen atoms in total. The average Bonchev–Trinajstić information content (AvgIpc) is 2.79. The van der Waals surface area contributed by atoms with Crippen LogP contribution in [0, 0.1) is 0 Å². The van der Waals surface area contributed by atoms with E-state index in [1.54, 1.807) is 17.4 Å². The molecule has 0 atom stereocenters. The van der Waals surface area contributed by atoms with Crippen molar-refractivity contribution in [2.75, 3.05) is 5.32 Å². The molecule has 0 aliphatic carbocycles. The van der Waals surface area contributed by atoms with E-state index < -0.39 is 0 Å². The molecule has 0 amide bonds. The fraction of sp³-hybridized carbons (Fsp3) is 0.250. The molecule has 2 rings (SSSR count). The Hall–Kier alpha value is -0.480. The number of aryl methyl sites for hydroxylation is 1. The normalized spacial score (nSPS) is 10.7. The highest BCUT2D eigenvalue weighted by atomic mass is 35.5. The van der Waals surface area contributed by atoms with Gasteiger partial charge in [-0.1, -0.05) is 41.7 Å². The van der Waals surface area contributed by atoms with Crippen LogP contribution in [0.5, 0.6) is 0 Å². The largest absolute Gasteiger partial charge is 0.364 e. The van der Waals surface area contributed by atoms with Gasteiger partial charge in [-0.2, -0.15) is 0 Å². The molecule has 2 aromatic heterocycles. The highest BCUT2D eigenvalue weighted by Gasteiger charge is 2.09. The van der Waals surface area contributed by atoms with E-state index in [2.05, 4.69) is 28.7 Å². The third-order valence-corrected chi connectivity index (χ3v) is 4.45. The van der Waals surface area contributed by atoms with Gasteiger partial charge in [-0.05, 0) is 29.5 Å². The zero-order valence-corrected chi connectivity index (χ0v) is 12.7. The van der Waals surface area contributed by atoms with Crippen molar-refractivity contribution in [1.29, 1.82) is 0 Å². The van der Waals surface area contributed by atoms with E-state index in [-0.39, 0.29) is 5.15 Å². The van der Waals surface area contributed by atoms with E-state index in [1.165, 1.54) is 10.4 Å². The molecule has 0 bridgehead atoms. The van der Waals surface area contributed by atoms with E-state index in [1.807, 2.05) is 0 Å². The molecule has 18 heavy (non-hydrogen) atoms. The Balaban J connectivity index is 2.13. The number of hydrogen-bond acceptors (Lipinski definition) is 3. The van der Waals surface area contributed by atoms with Crippen molar-refractivity contribution in [2.45, 2.75) is 19.9 Å².